The second kappa shape index (κ2) is 19.7. The molecule has 0 aromatic carbocycles. The number of hydrogen-bond acceptors (Lipinski definition) is 2. The maximum Gasteiger partial charge on any atom is 0.122 e. The number of aliphatic hydroxyl groups is 1. The molecule has 0 aliphatic heterocycles. The average Bonchev–Trinajstić information content (AvgIpc) is 2.54. The van der Waals surface area contributed by atoms with Crippen LogP contribution in [-0.2, 0) is 4.79 Å². The number of carbonyl (C=O) groups excluding carboxylic acids is 1. The first-order chi connectivity index (χ1) is 11.3. The van der Waals surface area contributed by atoms with Gasteiger partial charge in [-0.2, -0.15) is 0 Å². The highest BCUT2D eigenvalue weighted by Crippen LogP contribution is 2.14. The van der Waals surface area contributed by atoms with E-state index in [1.165, 1.54) is 96.3 Å². The molecule has 1 unspecified atom stereocenters. The molecule has 0 bridgehead atoms. The van der Waals surface area contributed by atoms with Crippen LogP contribution in [0.1, 0.15) is 122 Å². The van der Waals surface area contributed by atoms with Gasteiger partial charge in [0.05, 0.1) is 6.10 Å². The van der Waals surface area contributed by atoms with Gasteiger partial charge in [-0.25, -0.2) is 0 Å². The van der Waals surface area contributed by atoms with Crippen molar-refractivity contribution in [2.75, 3.05) is 0 Å². The van der Waals surface area contributed by atoms with E-state index >= 15 is 0 Å². The van der Waals surface area contributed by atoms with Crippen LogP contribution >= 0.6 is 0 Å². The third-order valence-electron chi connectivity index (χ3n) is 4.76. The molecule has 0 rings (SSSR count). The van der Waals surface area contributed by atoms with E-state index < -0.39 is 6.10 Å². The molecule has 1 atom stereocenters. The number of hydrogen-bond donors (Lipinski definition) is 1. The van der Waals surface area contributed by atoms with Crippen molar-refractivity contribution in [3.63, 3.8) is 0 Å². The van der Waals surface area contributed by atoms with Gasteiger partial charge in [0.2, 0.25) is 0 Å². The Labute approximate surface area is 145 Å². The van der Waals surface area contributed by atoms with Crippen LogP contribution in [0.15, 0.2) is 0 Å². The summed E-state index contributed by atoms with van der Waals surface area (Å²) in [6, 6.07) is 0. The average molecular weight is 327 g/mol. The van der Waals surface area contributed by atoms with Gasteiger partial charge in [0, 0.05) is 6.42 Å². The molecule has 0 aromatic heterocycles. The fraction of sp³-hybridized carbons (Fsp3) is 0.952. The van der Waals surface area contributed by atoms with Crippen molar-refractivity contribution < 1.29 is 9.90 Å². The molecule has 0 aliphatic rings. The highest BCUT2D eigenvalue weighted by Gasteiger charge is 2.02. The normalized spacial score (nSPS) is 12.4. The van der Waals surface area contributed by atoms with Gasteiger partial charge in [-0.15, -0.1) is 0 Å². The summed E-state index contributed by atoms with van der Waals surface area (Å²) in [4.78, 5) is 10.2. The van der Waals surface area contributed by atoms with Gasteiger partial charge in [0.15, 0.2) is 0 Å². The second-order valence-corrected chi connectivity index (χ2v) is 7.15. The third kappa shape index (κ3) is 19.6. The lowest BCUT2D eigenvalue weighted by Gasteiger charge is -2.06. The maximum atomic E-state index is 10.2. The molecule has 23 heavy (non-hydrogen) atoms. The monoisotopic (exact) mass is 326 g/mol. The quantitative estimate of drug-likeness (QED) is 0.215. The fourth-order valence-corrected chi connectivity index (χ4v) is 3.16. The molecule has 1 N–H and O–H groups in total. The minimum atomic E-state index is -0.404. The first-order valence-electron chi connectivity index (χ1n) is 10.4. The van der Waals surface area contributed by atoms with Crippen molar-refractivity contribution in [1.29, 1.82) is 0 Å². The van der Waals surface area contributed by atoms with E-state index in [-0.39, 0.29) is 0 Å². The van der Waals surface area contributed by atoms with Gasteiger partial charge in [0.1, 0.15) is 6.29 Å². The highest BCUT2D eigenvalue weighted by atomic mass is 16.3. The van der Waals surface area contributed by atoms with Crippen LogP contribution in [-0.4, -0.2) is 17.5 Å². The molecule has 0 saturated heterocycles. The van der Waals surface area contributed by atoms with Crippen molar-refractivity contribution in [3.8, 4) is 0 Å². The first kappa shape index (κ1) is 22.6. The molecule has 138 valence electrons. The number of carbonyl (C=O) groups is 1. The zero-order valence-corrected chi connectivity index (χ0v) is 15.7. The van der Waals surface area contributed by atoms with Crippen LogP contribution in [0.5, 0.6) is 0 Å². The number of aldehydes is 1. The van der Waals surface area contributed by atoms with Crippen molar-refractivity contribution in [2.45, 2.75) is 129 Å². The van der Waals surface area contributed by atoms with Crippen LogP contribution < -0.4 is 0 Å². The Bertz CT molecular complexity index is 228. The minimum Gasteiger partial charge on any atom is -0.393 e. The van der Waals surface area contributed by atoms with E-state index in [4.69, 9.17) is 0 Å². The van der Waals surface area contributed by atoms with Gasteiger partial charge >= 0.3 is 0 Å². The molecule has 0 amide bonds. The fourth-order valence-electron chi connectivity index (χ4n) is 3.16. The van der Waals surface area contributed by atoms with Crippen LogP contribution in [0.25, 0.3) is 0 Å². The summed E-state index contributed by atoms with van der Waals surface area (Å²) in [5.41, 5.74) is 0. The Morgan fingerprint density at radius 2 is 1.00 bits per heavy atom. The number of unbranched alkanes of at least 4 members (excludes halogenated alkanes) is 15. The molecule has 0 fully saturated rings. The van der Waals surface area contributed by atoms with Crippen molar-refractivity contribution in [3.05, 3.63) is 0 Å². The van der Waals surface area contributed by atoms with Gasteiger partial charge < -0.3 is 9.90 Å². The lowest BCUT2D eigenvalue weighted by Crippen LogP contribution is -2.06. The predicted octanol–water partition coefficient (Wildman–Crippen LogP) is 6.59. The summed E-state index contributed by atoms with van der Waals surface area (Å²) in [7, 11) is 0. The van der Waals surface area contributed by atoms with Crippen molar-refractivity contribution >= 4 is 6.29 Å². The molecule has 0 radical (unpaired) electrons. The Balaban J connectivity index is 3.01. The molecule has 0 heterocycles. The standard InChI is InChI=1S/C21H42O2/c1-2-3-4-5-6-7-8-9-10-11-12-13-14-15-16-17-18-21(23)19-20-22/h20-21,23H,2-19H2,1H3. The first-order valence-corrected chi connectivity index (χ1v) is 10.4. The summed E-state index contributed by atoms with van der Waals surface area (Å²) in [6.07, 6.45) is 23.4. The molecule has 2 nitrogen and oxygen atoms in total. The van der Waals surface area contributed by atoms with E-state index in [1.807, 2.05) is 0 Å². The summed E-state index contributed by atoms with van der Waals surface area (Å²) in [5, 5.41) is 9.43. The second-order valence-electron chi connectivity index (χ2n) is 7.15. The van der Waals surface area contributed by atoms with Crippen LogP contribution in [0.4, 0.5) is 0 Å². The van der Waals surface area contributed by atoms with E-state index in [1.54, 1.807) is 0 Å². The van der Waals surface area contributed by atoms with E-state index in [0.717, 1.165) is 19.1 Å². The molecule has 2 heteroatoms. The molecular formula is C21H42O2. The Morgan fingerprint density at radius 1 is 0.652 bits per heavy atom. The SMILES string of the molecule is CCCCCCCCCCCCCCCCCCC(O)CC=O. The Hall–Kier alpha value is -0.370. The van der Waals surface area contributed by atoms with Gasteiger partial charge in [0.25, 0.3) is 0 Å². The van der Waals surface area contributed by atoms with Crippen molar-refractivity contribution in [1.82, 2.24) is 0 Å². The molecular weight excluding hydrogens is 284 g/mol. The predicted molar refractivity (Wildman–Crippen MR) is 101 cm³/mol. The molecule has 0 spiro atoms. The smallest absolute Gasteiger partial charge is 0.122 e. The molecule has 0 saturated carbocycles. The molecule has 0 aliphatic carbocycles. The zero-order valence-electron chi connectivity index (χ0n) is 15.7. The summed E-state index contributed by atoms with van der Waals surface area (Å²) < 4.78 is 0. The summed E-state index contributed by atoms with van der Waals surface area (Å²) in [5.74, 6) is 0. The number of aliphatic hydroxyl groups excluding tert-OH is 1. The van der Waals surface area contributed by atoms with Gasteiger partial charge in [-0.1, -0.05) is 110 Å². The van der Waals surface area contributed by atoms with E-state index in [0.29, 0.717) is 6.42 Å². The summed E-state index contributed by atoms with van der Waals surface area (Å²) in [6.45, 7) is 2.28. The van der Waals surface area contributed by atoms with Crippen LogP contribution in [0.2, 0.25) is 0 Å². The van der Waals surface area contributed by atoms with Crippen LogP contribution in [0, 0.1) is 0 Å². The Kier molecular flexibility index (Phi) is 19.4. The lowest BCUT2D eigenvalue weighted by atomic mass is 10.0. The third-order valence-corrected chi connectivity index (χ3v) is 4.76. The molecule has 0 aromatic rings. The highest BCUT2D eigenvalue weighted by molar-refractivity contribution is 5.49. The van der Waals surface area contributed by atoms with E-state index in [9.17, 15) is 9.90 Å². The van der Waals surface area contributed by atoms with Gasteiger partial charge in [-0.05, 0) is 6.42 Å². The Morgan fingerprint density at radius 3 is 1.35 bits per heavy atom. The summed E-state index contributed by atoms with van der Waals surface area (Å²) >= 11 is 0. The van der Waals surface area contributed by atoms with Crippen LogP contribution in [0.3, 0.4) is 0 Å². The maximum absolute atomic E-state index is 10.2. The zero-order chi connectivity index (χ0) is 17.0. The minimum absolute atomic E-state index is 0.304. The largest absolute Gasteiger partial charge is 0.393 e. The lowest BCUT2D eigenvalue weighted by molar-refractivity contribution is -0.109. The van der Waals surface area contributed by atoms with Crippen molar-refractivity contribution in [2.24, 2.45) is 0 Å². The van der Waals surface area contributed by atoms with Gasteiger partial charge in [-0.3, -0.25) is 0 Å². The topological polar surface area (TPSA) is 37.3 Å². The number of rotatable bonds is 19. The van der Waals surface area contributed by atoms with E-state index in [2.05, 4.69) is 6.92 Å².